The first-order chi connectivity index (χ1) is 8.75. The van der Waals surface area contributed by atoms with Gasteiger partial charge in [-0.2, -0.15) is 5.10 Å². The van der Waals surface area contributed by atoms with Crippen molar-refractivity contribution in [1.82, 2.24) is 15.1 Å². The molecule has 0 aromatic carbocycles. The van der Waals surface area contributed by atoms with Gasteiger partial charge in [-0.1, -0.05) is 0 Å². The summed E-state index contributed by atoms with van der Waals surface area (Å²) in [4.78, 5) is 15.6. The number of aromatic carboxylic acids is 1. The Kier molecular flexibility index (Phi) is 2.87. The molecule has 1 aromatic rings. The fraction of sp³-hybridized carbons (Fsp3) is 0.583. The Balaban J connectivity index is 1.73. The number of carboxylic acids is 1. The van der Waals surface area contributed by atoms with Crippen LogP contribution in [0.15, 0.2) is 12.3 Å². The molecule has 0 bridgehead atoms. The number of hydrogen-bond donors (Lipinski definition) is 1. The number of hydrogen-bond acceptors (Lipinski definition) is 5. The van der Waals surface area contributed by atoms with Gasteiger partial charge in [0.2, 0.25) is 0 Å². The van der Waals surface area contributed by atoms with E-state index in [9.17, 15) is 4.79 Å². The predicted molar refractivity (Wildman–Crippen MR) is 65.8 cm³/mol. The van der Waals surface area contributed by atoms with Crippen LogP contribution in [0.2, 0.25) is 0 Å². The molecule has 1 aromatic heterocycles. The molecule has 0 spiro atoms. The van der Waals surface area contributed by atoms with Gasteiger partial charge in [0.1, 0.15) is 5.56 Å². The Bertz CT molecular complexity index is 453. The third-order valence-corrected chi connectivity index (χ3v) is 3.61. The largest absolute Gasteiger partial charge is 0.478 e. The minimum Gasteiger partial charge on any atom is -0.478 e. The number of rotatable bonds is 3. The van der Waals surface area contributed by atoms with E-state index in [-0.39, 0.29) is 5.56 Å². The summed E-state index contributed by atoms with van der Waals surface area (Å²) in [6.45, 7) is 3.63. The Hall–Kier alpha value is -1.69. The molecule has 1 N–H and O–H groups in total. The second kappa shape index (κ2) is 4.53. The van der Waals surface area contributed by atoms with E-state index >= 15 is 0 Å². The van der Waals surface area contributed by atoms with Crippen molar-refractivity contribution in [2.24, 2.45) is 0 Å². The molecule has 18 heavy (non-hydrogen) atoms. The SMILES string of the molecule is O=C(O)c1ccnnc1N1CCN(C2CC2)CC1. The van der Waals surface area contributed by atoms with Gasteiger partial charge in [0.05, 0.1) is 6.20 Å². The Morgan fingerprint density at radius 3 is 2.61 bits per heavy atom. The van der Waals surface area contributed by atoms with Crippen molar-refractivity contribution < 1.29 is 9.90 Å². The zero-order valence-electron chi connectivity index (χ0n) is 10.1. The van der Waals surface area contributed by atoms with Crippen LogP contribution in [0.5, 0.6) is 0 Å². The highest BCUT2D eigenvalue weighted by atomic mass is 16.4. The molecule has 2 aliphatic rings. The Morgan fingerprint density at radius 2 is 2.00 bits per heavy atom. The van der Waals surface area contributed by atoms with Crippen LogP contribution in [0.3, 0.4) is 0 Å². The standard InChI is InChI=1S/C12H16N4O2/c17-12(18)10-3-4-13-14-11(10)16-7-5-15(6-8-16)9-1-2-9/h3-4,9H,1-2,5-8H2,(H,17,18). The third-order valence-electron chi connectivity index (χ3n) is 3.61. The lowest BCUT2D eigenvalue weighted by Gasteiger charge is -2.35. The van der Waals surface area contributed by atoms with Crippen molar-refractivity contribution in [3.63, 3.8) is 0 Å². The maximum absolute atomic E-state index is 11.1. The van der Waals surface area contributed by atoms with E-state index in [1.165, 1.54) is 25.1 Å². The minimum absolute atomic E-state index is 0.241. The lowest BCUT2D eigenvalue weighted by molar-refractivity contribution is 0.0696. The molecule has 2 heterocycles. The number of carboxylic acid groups (broad SMARTS) is 1. The molecule has 1 saturated carbocycles. The van der Waals surface area contributed by atoms with Crippen molar-refractivity contribution in [1.29, 1.82) is 0 Å². The first kappa shape index (κ1) is 11.4. The quantitative estimate of drug-likeness (QED) is 0.838. The van der Waals surface area contributed by atoms with Crippen molar-refractivity contribution >= 4 is 11.8 Å². The van der Waals surface area contributed by atoms with E-state index in [0.29, 0.717) is 5.82 Å². The maximum Gasteiger partial charge on any atom is 0.339 e. The first-order valence-electron chi connectivity index (χ1n) is 6.29. The number of nitrogens with zero attached hydrogens (tertiary/aromatic N) is 4. The molecule has 0 radical (unpaired) electrons. The lowest BCUT2D eigenvalue weighted by Crippen LogP contribution is -2.48. The molecule has 2 fully saturated rings. The number of anilines is 1. The number of carbonyl (C=O) groups is 1. The summed E-state index contributed by atoms with van der Waals surface area (Å²) in [7, 11) is 0. The van der Waals surface area contributed by atoms with Gasteiger partial charge in [0, 0.05) is 32.2 Å². The van der Waals surface area contributed by atoms with Gasteiger partial charge >= 0.3 is 5.97 Å². The average molecular weight is 248 g/mol. The number of aromatic nitrogens is 2. The molecule has 1 aliphatic carbocycles. The van der Waals surface area contributed by atoms with Gasteiger partial charge < -0.3 is 10.0 Å². The van der Waals surface area contributed by atoms with Gasteiger partial charge in [0.15, 0.2) is 5.82 Å². The van der Waals surface area contributed by atoms with Gasteiger partial charge in [-0.25, -0.2) is 4.79 Å². The van der Waals surface area contributed by atoms with Gasteiger partial charge in [-0.3, -0.25) is 4.90 Å². The van der Waals surface area contributed by atoms with Crippen LogP contribution in [-0.4, -0.2) is 58.4 Å². The zero-order valence-corrected chi connectivity index (χ0v) is 10.1. The van der Waals surface area contributed by atoms with Gasteiger partial charge in [-0.15, -0.1) is 5.10 Å². The monoisotopic (exact) mass is 248 g/mol. The van der Waals surface area contributed by atoms with Crippen LogP contribution in [-0.2, 0) is 0 Å². The molecule has 3 rings (SSSR count). The highest BCUT2D eigenvalue weighted by molar-refractivity contribution is 5.93. The molecule has 96 valence electrons. The van der Waals surface area contributed by atoms with Crippen molar-refractivity contribution in [2.45, 2.75) is 18.9 Å². The summed E-state index contributed by atoms with van der Waals surface area (Å²) in [5, 5.41) is 16.9. The molecular formula is C12H16N4O2. The van der Waals surface area contributed by atoms with Crippen molar-refractivity contribution in [3.05, 3.63) is 17.8 Å². The zero-order chi connectivity index (χ0) is 12.5. The van der Waals surface area contributed by atoms with Crippen molar-refractivity contribution in [3.8, 4) is 0 Å². The van der Waals surface area contributed by atoms with E-state index in [0.717, 1.165) is 32.2 Å². The average Bonchev–Trinajstić information content (AvgIpc) is 3.23. The normalized spacial score (nSPS) is 21.0. The van der Waals surface area contributed by atoms with Crippen LogP contribution in [0.25, 0.3) is 0 Å². The highest BCUT2D eigenvalue weighted by Crippen LogP contribution is 2.28. The van der Waals surface area contributed by atoms with E-state index < -0.39 is 5.97 Å². The minimum atomic E-state index is -0.940. The summed E-state index contributed by atoms with van der Waals surface area (Å²) in [5.41, 5.74) is 0.241. The van der Waals surface area contributed by atoms with Crippen LogP contribution in [0.1, 0.15) is 23.2 Å². The molecule has 0 unspecified atom stereocenters. The summed E-state index contributed by atoms with van der Waals surface area (Å²) < 4.78 is 0. The topological polar surface area (TPSA) is 69.6 Å². The fourth-order valence-corrected chi connectivity index (χ4v) is 2.46. The summed E-state index contributed by atoms with van der Waals surface area (Å²) in [6.07, 6.45) is 4.05. The van der Waals surface area contributed by atoms with Crippen LogP contribution < -0.4 is 4.90 Å². The van der Waals surface area contributed by atoms with Crippen LogP contribution in [0.4, 0.5) is 5.82 Å². The summed E-state index contributed by atoms with van der Waals surface area (Å²) in [6, 6.07) is 2.28. The van der Waals surface area contributed by atoms with Gasteiger partial charge in [-0.05, 0) is 18.9 Å². The molecule has 0 amide bonds. The van der Waals surface area contributed by atoms with Gasteiger partial charge in [0.25, 0.3) is 0 Å². The smallest absolute Gasteiger partial charge is 0.339 e. The van der Waals surface area contributed by atoms with E-state index in [2.05, 4.69) is 15.1 Å². The summed E-state index contributed by atoms with van der Waals surface area (Å²) >= 11 is 0. The van der Waals surface area contributed by atoms with E-state index in [4.69, 9.17) is 5.11 Å². The lowest BCUT2D eigenvalue weighted by atomic mass is 10.2. The summed E-state index contributed by atoms with van der Waals surface area (Å²) in [5.74, 6) is -0.440. The molecule has 1 aliphatic heterocycles. The van der Waals surface area contributed by atoms with Crippen molar-refractivity contribution in [2.75, 3.05) is 31.1 Å². The second-order valence-corrected chi connectivity index (χ2v) is 4.83. The Labute approximate surface area is 105 Å². The molecule has 1 saturated heterocycles. The Morgan fingerprint density at radius 1 is 1.28 bits per heavy atom. The highest BCUT2D eigenvalue weighted by Gasteiger charge is 2.32. The molecule has 0 atom stereocenters. The molecule has 6 heteroatoms. The van der Waals surface area contributed by atoms with E-state index in [1.807, 2.05) is 4.90 Å². The molecular weight excluding hydrogens is 232 g/mol. The third kappa shape index (κ3) is 2.15. The van der Waals surface area contributed by atoms with Crippen LogP contribution >= 0.6 is 0 Å². The first-order valence-corrected chi connectivity index (χ1v) is 6.29. The second-order valence-electron chi connectivity index (χ2n) is 4.83. The number of piperazine rings is 1. The fourth-order valence-electron chi connectivity index (χ4n) is 2.46. The van der Waals surface area contributed by atoms with Crippen LogP contribution in [0, 0.1) is 0 Å². The predicted octanol–water partition coefficient (Wildman–Crippen LogP) is 0.459. The van der Waals surface area contributed by atoms with E-state index in [1.54, 1.807) is 0 Å². The maximum atomic E-state index is 11.1. The molecule has 6 nitrogen and oxygen atoms in total.